The Morgan fingerprint density at radius 2 is 1.82 bits per heavy atom. The maximum Gasteiger partial charge on any atom is 0.339 e. The number of fused-ring (bicyclic) bond motifs is 7. The summed E-state index contributed by atoms with van der Waals surface area (Å²) in [7, 11) is 1.37. The Bertz CT molecular complexity index is 1890. The molecule has 4 aromatic rings. The van der Waals surface area contributed by atoms with Gasteiger partial charge in [0.05, 0.1) is 42.3 Å². The van der Waals surface area contributed by atoms with E-state index in [1.165, 1.54) is 13.2 Å². The first-order valence-corrected chi connectivity index (χ1v) is 17.0. The van der Waals surface area contributed by atoms with Crippen LogP contribution in [0.25, 0.3) is 28.0 Å². The molecule has 0 saturated carbocycles. The topological polar surface area (TPSA) is 87.4 Å². The fraction of sp³-hybridized carbons (Fsp3) is 0.462. The highest BCUT2D eigenvalue weighted by atomic mass is 19.1. The van der Waals surface area contributed by atoms with Crippen LogP contribution in [0.4, 0.5) is 10.2 Å². The molecule has 49 heavy (non-hydrogen) atoms. The molecule has 2 aromatic carbocycles. The third-order valence-corrected chi connectivity index (χ3v) is 9.29. The number of anilines is 1. The third-order valence-electron chi connectivity index (χ3n) is 9.29. The van der Waals surface area contributed by atoms with Gasteiger partial charge in [0.25, 0.3) is 0 Å². The van der Waals surface area contributed by atoms with Gasteiger partial charge in [-0.05, 0) is 84.6 Å². The highest BCUT2D eigenvalue weighted by Gasteiger charge is 2.38. The number of carbonyl (C=O) groups is 1. The zero-order valence-corrected chi connectivity index (χ0v) is 29.8. The molecule has 5 heterocycles. The zero-order valence-electron chi connectivity index (χ0n) is 29.8. The maximum absolute atomic E-state index is 14.9. The van der Waals surface area contributed by atoms with Gasteiger partial charge in [-0.1, -0.05) is 30.4 Å². The Morgan fingerprint density at radius 3 is 2.53 bits per heavy atom. The number of carbonyl (C=O) groups excluding carboxylic acids is 1. The van der Waals surface area contributed by atoms with Gasteiger partial charge in [0.2, 0.25) is 0 Å². The zero-order chi connectivity index (χ0) is 35.1. The van der Waals surface area contributed by atoms with Crippen molar-refractivity contribution in [3.05, 3.63) is 77.3 Å². The van der Waals surface area contributed by atoms with Crippen LogP contribution < -0.4 is 9.64 Å². The van der Waals surface area contributed by atoms with Crippen molar-refractivity contribution in [2.45, 2.75) is 91.1 Å². The van der Waals surface area contributed by atoms with E-state index in [4.69, 9.17) is 29.0 Å². The minimum absolute atomic E-state index is 0.179. The summed E-state index contributed by atoms with van der Waals surface area (Å²) < 4.78 is 41.2. The number of hydrogen-bond acceptors (Lipinski definition) is 8. The monoisotopic (exact) mass is 670 g/mol. The number of nitrogens with zero attached hydrogens (tertiary/aromatic N) is 4. The van der Waals surface area contributed by atoms with Gasteiger partial charge in [-0.2, -0.15) is 9.61 Å². The van der Waals surface area contributed by atoms with Gasteiger partial charge in [0.15, 0.2) is 11.8 Å². The van der Waals surface area contributed by atoms with Crippen molar-refractivity contribution in [1.82, 2.24) is 14.6 Å². The van der Waals surface area contributed by atoms with E-state index in [1.807, 2.05) is 81.6 Å². The number of aryl methyl sites for hydroxylation is 2. The number of piperidine rings is 1. The fourth-order valence-electron chi connectivity index (χ4n) is 6.59. The molecule has 3 aliphatic rings. The van der Waals surface area contributed by atoms with E-state index in [-0.39, 0.29) is 17.5 Å². The quantitative estimate of drug-likeness (QED) is 0.160. The first-order valence-electron chi connectivity index (χ1n) is 17.0. The van der Waals surface area contributed by atoms with E-state index in [0.29, 0.717) is 60.0 Å². The van der Waals surface area contributed by atoms with Crippen LogP contribution in [0.15, 0.2) is 54.6 Å². The second-order valence-electron chi connectivity index (χ2n) is 14.4. The van der Waals surface area contributed by atoms with Crippen LogP contribution in [0.1, 0.15) is 76.8 Å². The average molecular weight is 671 g/mol. The summed E-state index contributed by atoms with van der Waals surface area (Å²) in [6.45, 7) is 15.4. The highest BCUT2D eigenvalue weighted by Crippen LogP contribution is 2.40. The van der Waals surface area contributed by atoms with Crippen LogP contribution in [-0.2, 0) is 19.0 Å². The van der Waals surface area contributed by atoms with Gasteiger partial charge in [0.1, 0.15) is 17.4 Å². The SMILES string of the molecule is COC(=O)[C@@H](OC(C)(C)C)c1c(C)nc2cc3nn2c1N1CCC(C)(CC1)OC/C=C\C[C@H](C)Oc1cc(F)c(C)cc1-c1cccc-3c1. The minimum atomic E-state index is -1.02. The third kappa shape index (κ3) is 7.35. The largest absolute Gasteiger partial charge is 0.490 e. The molecular formula is C39H47FN4O5. The predicted molar refractivity (Wildman–Crippen MR) is 189 cm³/mol. The molecule has 0 radical (unpaired) electrons. The lowest BCUT2D eigenvalue weighted by atomic mass is 9.92. The summed E-state index contributed by atoms with van der Waals surface area (Å²) in [4.78, 5) is 20.6. The number of rotatable bonds is 3. The summed E-state index contributed by atoms with van der Waals surface area (Å²) in [6.07, 6.45) is 5.08. The lowest BCUT2D eigenvalue weighted by Gasteiger charge is -2.41. The van der Waals surface area contributed by atoms with Gasteiger partial charge >= 0.3 is 5.97 Å². The molecule has 260 valence electrons. The summed E-state index contributed by atoms with van der Waals surface area (Å²) in [5.41, 5.74) is 4.74. The van der Waals surface area contributed by atoms with E-state index >= 15 is 0 Å². The molecule has 1 saturated heterocycles. The van der Waals surface area contributed by atoms with Gasteiger partial charge in [-0.25, -0.2) is 14.2 Å². The lowest BCUT2D eigenvalue weighted by Crippen LogP contribution is -2.45. The van der Waals surface area contributed by atoms with Crippen molar-refractivity contribution in [3.8, 4) is 28.1 Å². The first-order chi connectivity index (χ1) is 23.2. The van der Waals surface area contributed by atoms with Crippen LogP contribution in [-0.4, -0.2) is 64.7 Å². The van der Waals surface area contributed by atoms with Crippen molar-refractivity contribution in [3.63, 3.8) is 0 Å². The van der Waals surface area contributed by atoms with Crippen molar-refractivity contribution in [2.24, 2.45) is 0 Å². The predicted octanol–water partition coefficient (Wildman–Crippen LogP) is 7.95. The summed E-state index contributed by atoms with van der Waals surface area (Å²) in [5, 5.41) is 5.13. The van der Waals surface area contributed by atoms with E-state index in [9.17, 15) is 9.18 Å². The Kier molecular flexibility index (Phi) is 9.57. The fourth-order valence-corrected chi connectivity index (χ4v) is 6.59. The van der Waals surface area contributed by atoms with Gasteiger partial charge in [0, 0.05) is 48.5 Å². The van der Waals surface area contributed by atoms with Crippen molar-refractivity contribution in [1.29, 1.82) is 0 Å². The second kappa shape index (κ2) is 13.6. The van der Waals surface area contributed by atoms with Crippen molar-refractivity contribution < 1.29 is 28.1 Å². The molecule has 10 heteroatoms. The van der Waals surface area contributed by atoms with Crippen LogP contribution in [0.5, 0.6) is 5.75 Å². The Labute approximate surface area is 288 Å². The number of halogens is 1. The van der Waals surface area contributed by atoms with Crippen LogP contribution in [0.2, 0.25) is 0 Å². The second-order valence-corrected chi connectivity index (χ2v) is 14.4. The Balaban J connectivity index is 1.56. The number of hydrogen-bond donors (Lipinski definition) is 0. The number of esters is 1. The lowest BCUT2D eigenvalue weighted by molar-refractivity contribution is -0.164. The standard InChI is InChI=1S/C39H47FN4O5/c1-24-20-29-27-13-11-14-28(21-27)31-23-33-41-26(3)34(35(37(45)46-8)49-38(4,5)6)36(44(33)42-31)43-17-15-39(7,16-18-43)47-19-10-9-12-25(2)48-32(29)22-30(24)40/h9-11,13-14,20-23,25,35H,12,15-19H2,1-8H3/b10-9-/t25-,35-/m0/s1. The maximum atomic E-state index is 14.9. The molecule has 3 aliphatic heterocycles. The number of ether oxygens (including phenoxy) is 4. The number of benzene rings is 2. The highest BCUT2D eigenvalue weighted by molar-refractivity contribution is 5.81. The molecule has 2 aromatic heterocycles. The summed E-state index contributed by atoms with van der Waals surface area (Å²) in [6, 6.07) is 13.3. The Hall–Kier alpha value is -4.28. The summed E-state index contributed by atoms with van der Waals surface area (Å²) in [5.74, 6) is 0.418. The molecule has 7 rings (SSSR count). The molecule has 0 spiro atoms. The molecule has 6 bridgehead atoms. The molecule has 9 nitrogen and oxygen atoms in total. The van der Waals surface area contributed by atoms with E-state index in [2.05, 4.69) is 17.9 Å². The number of aromatic nitrogens is 3. The van der Waals surface area contributed by atoms with Crippen LogP contribution >= 0.6 is 0 Å². The van der Waals surface area contributed by atoms with Gasteiger partial charge in [-0.15, -0.1) is 0 Å². The molecule has 0 N–H and O–H groups in total. The smallest absolute Gasteiger partial charge is 0.339 e. The molecular weight excluding hydrogens is 623 g/mol. The van der Waals surface area contributed by atoms with Crippen molar-refractivity contribution in [2.75, 3.05) is 31.7 Å². The average Bonchev–Trinajstić information content (AvgIpc) is 3.47. The minimum Gasteiger partial charge on any atom is -0.490 e. The van der Waals surface area contributed by atoms with Crippen LogP contribution in [0, 0.1) is 19.7 Å². The van der Waals surface area contributed by atoms with E-state index < -0.39 is 17.7 Å². The van der Waals surface area contributed by atoms with E-state index in [1.54, 1.807) is 6.92 Å². The normalized spacial score (nSPS) is 21.2. The molecule has 0 aliphatic carbocycles. The van der Waals surface area contributed by atoms with Gasteiger partial charge in [-0.3, -0.25) is 0 Å². The van der Waals surface area contributed by atoms with Crippen LogP contribution in [0.3, 0.4) is 0 Å². The summed E-state index contributed by atoms with van der Waals surface area (Å²) >= 11 is 0. The molecule has 0 unspecified atom stereocenters. The molecule has 2 atom stereocenters. The molecule has 0 amide bonds. The first kappa shape index (κ1) is 34.6. The number of methoxy groups -OCH3 is 1. The van der Waals surface area contributed by atoms with E-state index in [0.717, 1.165) is 35.3 Å². The van der Waals surface area contributed by atoms with Gasteiger partial charge < -0.3 is 23.8 Å². The molecule has 1 fully saturated rings. The Morgan fingerprint density at radius 1 is 1.08 bits per heavy atom. The van der Waals surface area contributed by atoms with Crippen molar-refractivity contribution >= 4 is 17.4 Å².